The van der Waals surface area contributed by atoms with Crippen molar-refractivity contribution >= 4 is 15.9 Å². The Morgan fingerprint density at radius 2 is 2.00 bits per heavy atom. The maximum absolute atomic E-state index is 12.0. The molecule has 2 N–H and O–H groups in total. The lowest BCUT2D eigenvalue weighted by atomic mass is 10.2. The normalized spacial score (nSPS) is 12.8. The molecule has 1 atom stereocenters. The predicted molar refractivity (Wildman–Crippen MR) is 86.4 cm³/mol. The number of hydrogen-bond donors (Lipinski definition) is 2. The van der Waals surface area contributed by atoms with Crippen molar-refractivity contribution in [3.05, 3.63) is 48.5 Å². The summed E-state index contributed by atoms with van der Waals surface area (Å²) in [5.74, 6) is -0.274. The highest BCUT2D eigenvalue weighted by Crippen LogP contribution is 2.07. The number of imidazole rings is 1. The van der Waals surface area contributed by atoms with Crippen LogP contribution in [0.3, 0.4) is 0 Å². The lowest BCUT2D eigenvalue weighted by Gasteiger charge is -2.13. The number of benzene rings is 1. The Kier molecular flexibility index (Phi) is 5.51. The number of amides is 1. The van der Waals surface area contributed by atoms with Gasteiger partial charge in [-0.2, -0.15) is 0 Å². The minimum atomic E-state index is -3.51. The van der Waals surface area contributed by atoms with Crippen molar-refractivity contribution in [2.45, 2.75) is 24.3 Å². The zero-order valence-electron chi connectivity index (χ0n) is 13.1. The Morgan fingerprint density at radius 3 is 2.61 bits per heavy atom. The number of rotatable bonds is 7. The topological polar surface area (TPSA) is 93.1 Å². The summed E-state index contributed by atoms with van der Waals surface area (Å²) in [6, 6.07) is 7.99. The Labute approximate surface area is 135 Å². The molecule has 0 fully saturated rings. The zero-order chi connectivity index (χ0) is 16.9. The Hall–Kier alpha value is -2.19. The van der Waals surface area contributed by atoms with Gasteiger partial charge >= 0.3 is 0 Å². The van der Waals surface area contributed by atoms with Crippen LogP contribution in [0.1, 0.15) is 23.8 Å². The van der Waals surface area contributed by atoms with E-state index in [2.05, 4.69) is 15.0 Å². The van der Waals surface area contributed by atoms with E-state index in [1.165, 1.54) is 12.1 Å². The van der Waals surface area contributed by atoms with Gasteiger partial charge in [-0.15, -0.1) is 0 Å². The second-order valence-electron chi connectivity index (χ2n) is 5.30. The lowest BCUT2D eigenvalue weighted by Crippen LogP contribution is -2.36. The molecule has 0 bridgehead atoms. The first-order valence-electron chi connectivity index (χ1n) is 7.22. The summed E-state index contributed by atoms with van der Waals surface area (Å²) < 4.78 is 28.3. The first-order valence-corrected chi connectivity index (χ1v) is 8.70. The van der Waals surface area contributed by atoms with E-state index in [1.54, 1.807) is 42.3 Å². The highest BCUT2D eigenvalue weighted by molar-refractivity contribution is 7.89. The fourth-order valence-corrected chi connectivity index (χ4v) is 3.06. The quantitative estimate of drug-likeness (QED) is 0.786. The molecule has 2 aromatic rings. The van der Waals surface area contributed by atoms with Gasteiger partial charge in [0.1, 0.15) is 5.69 Å². The van der Waals surface area contributed by atoms with Gasteiger partial charge in [0, 0.05) is 25.8 Å². The molecule has 1 heterocycles. The van der Waals surface area contributed by atoms with Crippen LogP contribution in [0.15, 0.2) is 47.8 Å². The van der Waals surface area contributed by atoms with Crippen LogP contribution in [0.2, 0.25) is 0 Å². The van der Waals surface area contributed by atoms with E-state index in [9.17, 15) is 13.2 Å². The average molecular weight is 336 g/mol. The van der Waals surface area contributed by atoms with E-state index in [4.69, 9.17) is 0 Å². The molecule has 23 heavy (non-hydrogen) atoms. The van der Waals surface area contributed by atoms with Gasteiger partial charge in [0.05, 0.1) is 11.2 Å². The molecule has 0 saturated carbocycles. The summed E-state index contributed by atoms with van der Waals surface area (Å²) in [6.45, 7) is 2.05. The molecular formula is C15H20N4O3S. The van der Waals surface area contributed by atoms with Crippen molar-refractivity contribution in [2.75, 3.05) is 6.54 Å². The number of sulfonamides is 1. The second-order valence-corrected chi connectivity index (χ2v) is 7.07. The van der Waals surface area contributed by atoms with Crippen LogP contribution < -0.4 is 10.0 Å². The van der Waals surface area contributed by atoms with E-state index in [0.717, 1.165) is 0 Å². The average Bonchev–Trinajstić information content (AvgIpc) is 2.94. The molecule has 1 aromatic heterocycles. The summed E-state index contributed by atoms with van der Waals surface area (Å²) in [5.41, 5.74) is 0.337. The van der Waals surface area contributed by atoms with Gasteiger partial charge in [-0.05, 0) is 25.5 Å². The molecule has 0 radical (unpaired) electrons. The number of nitrogens with zero attached hydrogens (tertiary/aromatic N) is 2. The number of hydrogen-bond acceptors (Lipinski definition) is 4. The molecule has 124 valence electrons. The molecule has 0 unspecified atom stereocenters. The van der Waals surface area contributed by atoms with Gasteiger partial charge in [0.25, 0.3) is 5.91 Å². The molecule has 0 saturated heterocycles. The molecule has 0 aliphatic heterocycles. The first kappa shape index (κ1) is 17.2. The summed E-state index contributed by atoms with van der Waals surface area (Å²) in [5, 5.41) is 2.79. The van der Waals surface area contributed by atoms with Gasteiger partial charge < -0.3 is 9.88 Å². The Bertz CT molecular complexity index is 756. The second kappa shape index (κ2) is 7.38. The minimum Gasteiger partial charge on any atom is -0.348 e. The third-order valence-corrected chi connectivity index (χ3v) is 4.71. The first-order chi connectivity index (χ1) is 10.9. The van der Waals surface area contributed by atoms with Crippen LogP contribution in [-0.2, 0) is 17.1 Å². The number of nitrogens with one attached hydrogen (secondary N) is 2. The third-order valence-electron chi connectivity index (χ3n) is 3.24. The minimum absolute atomic E-state index is 0.178. The molecule has 2 rings (SSSR count). The lowest BCUT2D eigenvalue weighted by molar-refractivity contribution is 0.0934. The van der Waals surface area contributed by atoms with Crippen molar-refractivity contribution in [1.82, 2.24) is 19.6 Å². The van der Waals surface area contributed by atoms with Gasteiger partial charge in [-0.3, -0.25) is 4.79 Å². The number of carbonyl (C=O) groups is 1. The zero-order valence-corrected chi connectivity index (χ0v) is 13.9. The van der Waals surface area contributed by atoms with Gasteiger partial charge in [0.2, 0.25) is 10.0 Å². The summed E-state index contributed by atoms with van der Waals surface area (Å²) in [6.07, 6.45) is 3.65. The van der Waals surface area contributed by atoms with Crippen molar-refractivity contribution in [2.24, 2.45) is 7.05 Å². The molecule has 0 aliphatic rings. The van der Waals surface area contributed by atoms with Crippen molar-refractivity contribution < 1.29 is 13.2 Å². The van der Waals surface area contributed by atoms with Crippen LogP contribution >= 0.6 is 0 Å². The monoisotopic (exact) mass is 336 g/mol. The molecule has 0 aliphatic carbocycles. The van der Waals surface area contributed by atoms with Gasteiger partial charge in [-0.25, -0.2) is 18.1 Å². The fourth-order valence-electron chi connectivity index (χ4n) is 1.99. The fraction of sp³-hybridized carbons (Fsp3) is 0.333. The number of aryl methyl sites for hydroxylation is 1. The third kappa shape index (κ3) is 4.90. The molecule has 1 amide bonds. The van der Waals surface area contributed by atoms with Crippen molar-refractivity contribution in [1.29, 1.82) is 0 Å². The van der Waals surface area contributed by atoms with Crippen LogP contribution in [0.25, 0.3) is 0 Å². The highest BCUT2D eigenvalue weighted by Gasteiger charge is 2.15. The molecular weight excluding hydrogens is 316 g/mol. The van der Waals surface area contributed by atoms with Crippen LogP contribution in [0.5, 0.6) is 0 Å². The summed E-state index contributed by atoms with van der Waals surface area (Å²) in [4.78, 5) is 16.1. The van der Waals surface area contributed by atoms with Gasteiger partial charge in [-0.1, -0.05) is 18.2 Å². The molecule has 0 spiro atoms. The molecule has 7 nitrogen and oxygen atoms in total. The van der Waals surface area contributed by atoms with Crippen LogP contribution in [0.4, 0.5) is 0 Å². The molecule has 1 aromatic carbocycles. The number of aromatic nitrogens is 2. The van der Waals surface area contributed by atoms with Crippen molar-refractivity contribution in [3.8, 4) is 0 Å². The van der Waals surface area contributed by atoms with Crippen molar-refractivity contribution in [3.63, 3.8) is 0 Å². The van der Waals surface area contributed by atoms with E-state index >= 15 is 0 Å². The maximum Gasteiger partial charge on any atom is 0.271 e. The van der Waals surface area contributed by atoms with E-state index < -0.39 is 10.0 Å². The standard InChI is InChI=1S/C15H20N4O3S/c1-12(18-15(20)14-10-19(2)11-16-14)8-9-17-23(21,22)13-6-4-3-5-7-13/h3-7,10-12,17H,8-9H2,1-2H3,(H,18,20)/t12-/m0/s1. The Morgan fingerprint density at radius 1 is 1.30 bits per heavy atom. The summed E-state index contributed by atoms with van der Waals surface area (Å²) >= 11 is 0. The summed E-state index contributed by atoms with van der Waals surface area (Å²) in [7, 11) is -1.73. The predicted octanol–water partition coefficient (Wildman–Crippen LogP) is 0.907. The van der Waals surface area contributed by atoms with E-state index in [1.807, 2.05) is 6.92 Å². The van der Waals surface area contributed by atoms with E-state index in [-0.39, 0.29) is 23.4 Å². The van der Waals surface area contributed by atoms with Crippen LogP contribution in [0, 0.1) is 0 Å². The maximum atomic E-state index is 12.0. The SMILES string of the molecule is C[C@@H](CCNS(=O)(=O)c1ccccc1)NC(=O)c1cn(C)cn1. The van der Waals surface area contributed by atoms with E-state index in [0.29, 0.717) is 12.1 Å². The molecule has 8 heteroatoms. The van der Waals surface area contributed by atoms with Crippen LogP contribution in [-0.4, -0.2) is 36.5 Å². The van der Waals surface area contributed by atoms with Gasteiger partial charge in [0.15, 0.2) is 0 Å². The number of carbonyl (C=O) groups excluding carboxylic acids is 1. The highest BCUT2D eigenvalue weighted by atomic mass is 32.2. The Balaban J connectivity index is 1.81. The largest absolute Gasteiger partial charge is 0.348 e. The smallest absolute Gasteiger partial charge is 0.271 e.